The number of fused-ring (bicyclic) bond motifs is 2. The Hall–Kier alpha value is -6.53. The third-order valence-corrected chi connectivity index (χ3v) is 9.67. The molecule has 63 heavy (non-hydrogen) atoms. The van der Waals surface area contributed by atoms with Crippen LogP contribution in [0, 0.1) is 48.5 Å². The number of rotatable bonds is 3. The Bertz CT molecular complexity index is 2570. The fraction of sp³-hybridized carbons (Fsp3) is 0.231. The van der Waals surface area contributed by atoms with E-state index in [-0.39, 0.29) is 23.0 Å². The van der Waals surface area contributed by atoms with Crippen molar-refractivity contribution in [2.75, 3.05) is 21.3 Å². The molecule has 0 unspecified atom stereocenters. The van der Waals surface area contributed by atoms with Crippen molar-refractivity contribution in [3.63, 3.8) is 0 Å². The van der Waals surface area contributed by atoms with Gasteiger partial charge in [0.2, 0.25) is 0 Å². The largest absolute Gasteiger partial charge is 0.507 e. The van der Waals surface area contributed by atoms with Crippen molar-refractivity contribution >= 4 is 43.6 Å². The molecule has 7 aromatic carbocycles. The van der Waals surface area contributed by atoms with Crippen molar-refractivity contribution in [1.29, 1.82) is 0 Å². The minimum Gasteiger partial charge on any atom is -0.507 e. The van der Waals surface area contributed by atoms with Crippen LogP contribution >= 0.6 is 0 Å². The molecule has 7 aromatic rings. The summed E-state index contributed by atoms with van der Waals surface area (Å²) >= 11 is 0. The maximum absolute atomic E-state index is 11.0. The van der Waals surface area contributed by atoms with Crippen LogP contribution in [0.5, 0.6) is 11.5 Å². The highest BCUT2D eigenvalue weighted by molar-refractivity contribution is 7.85. The smallest absolute Gasteiger partial charge is 0.341 e. The molecule has 0 amide bonds. The molecule has 0 aromatic heterocycles. The number of hydrogen-bond donors (Lipinski definition) is 4. The first-order chi connectivity index (χ1) is 29.8. The Labute approximate surface area is 373 Å². The molecule has 0 heterocycles. The molecule has 10 nitrogen and oxygen atoms in total. The van der Waals surface area contributed by atoms with Crippen molar-refractivity contribution in [2.24, 2.45) is 0 Å². The molecule has 0 bridgehead atoms. The second-order valence-electron chi connectivity index (χ2n) is 14.3. The van der Waals surface area contributed by atoms with Gasteiger partial charge in [-0.1, -0.05) is 144 Å². The first kappa shape index (κ1) is 54.5. The highest BCUT2D eigenvalue weighted by Crippen LogP contribution is 2.29. The number of carbonyl (C=O) groups is 2. The molecule has 0 aliphatic carbocycles. The molecule has 0 saturated heterocycles. The predicted octanol–water partition coefficient (Wildman–Crippen LogP) is 11.3. The summed E-state index contributed by atoms with van der Waals surface area (Å²) in [6, 6.07) is 45.2. The van der Waals surface area contributed by atoms with Crippen LogP contribution < -0.4 is 0 Å². The fourth-order valence-electron chi connectivity index (χ4n) is 5.65. The van der Waals surface area contributed by atoms with Crippen LogP contribution in [-0.2, 0) is 30.1 Å². The van der Waals surface area contributed by atoms with Crippen LogP contribution in [0.3, 0.4) is 0 Å². The summed E-state index contributed by atoms with van der Waals surface area (Å²) in [5.74, 6) is -0.707. The van der Waals surface area contributed by atoms with Gasteiger partial charge in [-0.15, -0.1) is 0 Å². The van der Waals surface area contributed by atoms with Crippen molar-refractivity contribution in [1.82, 2.24) is 0 Å². The van der Waals surface area contributed by atoms with Crippen molar-refractivity contribution in [2.45, 2.75) is 61.1 Å². The van der Waals surface area contributed by atoms with Crippen molar-refractivity contribution in [3.8, 4) is 11.5 Å². The summed E-state index contributed by atoms with van der Waals surface area (Å²) < 4.78 is 38.1. The van der Waals surface area contributed by atoms with Crippen molar-refractivity contribution in [3.05, 3.63) is 190 Å². The highest BCUT2D eigenvalue weighted by Gasteiger charge is 2.10. The summed E-state index contributed by atoms with van der Waals surface area (Å²) in [5.41, 5.74) is 8.63. The van der Waals surface area contributed by atoms with E-state index in [2.05, 4.69) is 103 Å². The number of esters is 2. The van der Waals surface area contributed by atoms with Crippen LogP contribution in [0.2, 0.25) is 0 Å². The third kappa shape index (κ3) is 20.7. The number of phenols is 2. The molecule has 11 heteroatoms. The number of aliphatic hydroxyl groups excluding tert-OH is 1. The minimum absolute atomic E-state index is 0.0487. The number of phenolic OH excluding ortho intramolecular Hbond substituents is 2. The van der Waals surface area contributed by atoms with Gasteiger partial charge in [0, 0.05) is 14.0 Å². The Morgan fingerprint density at radius 1 is 0.540 bits per heavy atom. The number of ether oxygens (including phenoxy) is 2. The highest BCUT2D eigenvalue weighted by atomic mass is 32.2. The summed E-state index contributed by atoms with van der Waals surface area (Å²) in [7, 11) is -0.263. The molecule has 0 aliphatic rings. The molecule has 7 rings (SSSR count). The van der Waals surface area contributed by atoms with Gasteiger partial charge in [-0.25, -0.2) is 4.79 Å². The number of methoxy groups -OCH3 is 2. The van der Waals surface area contributed by atoms with Crippen molar-refractivity contribution < 1.29 is 47.4 Å². The maximum atomic E-state index is 11.0. The van der Waals surface area contributed by atoms with Gasteiger partial charge < -0.3 is 24.8 Å². The van der Waals surface area contributed by atoms with Crippen LogP contribution in [0.1, 0.15) is 61.8 Å². The lowest BCUT2D eigenvalue weighted by atomic mass is 10.0. The average Bonchev–Trinajstić information content (AvgIpc) is 3.26. The molecule has 0 saturated carbocycles. The van der Waals surface area contributed by atoms with E-state index in [0.717, 1.165) is 34.7 Å². The van der Waals surface area contributed by atoms with Gasteiger partial charge in [0.1, 0.15) is 22.8 Å². The molecule has 0 fully saturated rings. The van der Waals surface area contributed by atoms with Gasteiger partial charge in [0.15, 0.2) is 0 Å². The lowest BCUT2D eigenvalue weighted by Crippen LogP contribution is -2.01. The number of aromatic hydroxyl groups is 2. The van der Waals surface area contributed by atoms with Gasteiger partial charge in [-0.05, 0) is 110 Å². The Balaban J connectivity index is 0.000000382. The standard InChI is InChI=1S/C12H12O.C11H10.C9H10O3.C8H10O3S.C8H10.C3H6O2.CH4O/c1-8-7-10-5-3-4-6-11(10)9(2)12(8)13;1-9-5-4-7-10-6-2-3-8-11(9)10;1-6-3-4-8(10)7(5-6)9(11)12-2;1-7-3-2-4-8(5-7)6-12(9,10)11;1-7-3-5-8(2)6-4-7;1-3(4)5-2;1-2/h3-7,13H,1-2H3;2-8H,1H3;3-5,10H,1-2H3;2-5H,6H2,1H3,(H,9,10,11);3-6H,1-2H3;1-2H3;2H,1H3. The second kappa shape index (κ2) is 28.1. The molecular weight excluding hydrogens is 817 g/mol. The summed E-state index contributed by atoms with van der Waals surface area (Å²) in [4.78, 5) is 20.6. The van der Waals surface area contributed by atoms with Crippen LogP contribution in [0.25, 0.3) is 21.5 Å². The summed E-state index contributed by atoms with van der Waals surface area (Å²) in [6.45, 7) is 15.3. The zero-order valence-corrected chi connectivity index (χ0v) is 38.9. The number of carbonyl (C=O) groups excluding carboxylic acids is 2. The number of aliphatic hydroxyl groups is 1. The van der Waals surface area contributed by atoms with E-state index in [1.165, 1.54) is 60.1 Å². The SMILES string of the molecule is CO.COC(=O)c1cc(C)ccc1O.COC(C)=O.Cc1cc2ccccc2c(C)c1O.Cc1ccc(C)cc1.Cc1cccc(CS(=O)(=O)O)c1.Cc1cccc2ccccc12. The Morgan fingerprint density at radius 3 is 1.52 bits per heavy atom. The molecule has 0 atom stereocenters. The number of aryl methyl sites for hydroxylation is 7. The molecule has 0 spiro atoms. The van der Waals surface area contributed by atoms with Gasteiger partial charge in [-0.2, -0.15) is 8.42 Å². The zero-order valence-electron chi connectivity index (χ0n) is 38.1. The topological polar surface area (TPSA) is 168 Å². The van der Waals surface area contributed by atoms with E-state index in [4.69, 9.17) is 9.66 Å². The van der Waals surface area contributed by atoms with Crippen LogP contribution in [0.4, 0.5) is 0 Å². The van der Waals surface area contributed by atoms with E-state index in [1.54, 1.807) is 30.3 Å². The molecular formula is C52H62O10S. The zero-order chi connectivity index (χ0) is 47.7. The number of benzene rings is 7. The summed E-state index contributed by atoms with van der Waals surface area (Å²) in [5, 5.41) is 30.9. The van der Waals surface area contributed by atoms with E-state index in [1.807, 2.05) is 58.0 Å². The minimum atomic E-state index is -3.89. The number of hydrogen-bond acceptors (Lipinski definition) is 9. The Morgan fingerprint density at radius 2 is 1.02 bits per heavy atom. The lowest BCUT2D eigenvalue weighted by molar-refractivity contribution is -0.137. The Kier molecular flexibility index (Phi) is 24.3. The molecule has 0 aliphatic heterocycles. The molecule has 4 N–H and O–H groups in total. The average molecular weight is 879 g/mol. The fourth-order valence-corrected chi connectivity index (χ4v) is 6.25. The predicted molar refractivity (Wildman–Crippen MR) is 256 cm³/mol. The van der Waals surface area contributed by atoms with Gasteiger partial charge in [-0.3, -0.25) is 9.35 Å². The third-order valence-electron chi connectivity index (χ3n) is 8.97. The van der Waals surface area contributed by atoms with Gasteiger partial charge in [0.25, 0.3) is 10.1 Å². The monoisotopic (exact) mass is 878 g/mol. The first-order valence-corrected chi connectivity index (χ1v) is 21.4. The van der Waals surface area contributed by atoms with Crippen LogP contribution in [0.15, 0.2) is 140 Å². The van der Waals surface area contributed by atoms with E-state index in [0.29, 0.717) is 11.3 Å². The van der Waals surface area contributed by atoms with E-state index in [9.17, 15) is 28.2 Å². The van der Waals surface area contributed by atoms with E-state index < -0.39 is 16.1 Å². The van der Waals surface area contributed by atoms with Crippen LogP contribution in [-0.4, -0.2) is 61.6 Å². The normalized spacial score (nSPS) is 9.79. The summed E-state index contributed by atoms with van der Waals surface area (Å²) in [6.07, 6.45) is 0. The molecule has 336 valence electrons. The van der Waals surface area contributed by atoms with Gasteiger partial charge >= 0.3 is 11.9 Å². The quantitative estimate of drug-likeness (QED) is 0.0990. The van der Waals surface area contributed by atoms with Gasteiger partial charge in [0.05, 0.1) is 14.2 Å². The molecule has 0 radical (unpaired) electrons. The second-order valence-corrected chi connectivity index (χ2v) is 15.7. The maximum Gasteiger partial charge on any atom is 0.341 e. The van der Waals surface area contributed by atoms with E-state index >= 15 is 0 Å². The lowest BCUT2D eigenvalue weighted by Gasteiger charge is -2.07. The first-order valence-electron chi connectivity index (χ1n) is 19.8.